The van der Waals surface area contributed by atoms with Gasteiger partial charge in [-0.25, -0.2) is 0 Å². The topological polar surface area (TPSA) is 69.9 Å². The lowest BCUT2D eigenvalue weighted by Crippen LogP contribution is -2.37. The van der Waals surface area contributed by atoms with E-state index in [0.29, 0.717) is 17.8 Å². The molecular weight excluding hydrogens is 380 g/mol. The molecule has 7 nitrogen and oxygen atoms in total. The van der Waals surface area contributed by atoms with Gasteiger partial charge in [-0.3, -0.25) is 14.9 Å². The molecule has 0 atom stereocenters. The lowest BCUT2D eigenvalue weighted by Gasteiger charge is -2.28. The summed E-state index contributed by atoms with van der Waals surface area (Å²) in [6, 6.07) is 5.03. The van der Waals surface area contributed by atoms with E-state index in [0.717, 1.165) is 64.4 Å². The van der Waals surface area contributed by atoms with E-state index < -0.39 is 0 Å². The molecule has 0 aromatic heterocycles. The lowest BCUT2D eigenvalue weighted by molar-refractivity contribution is -0.384. The van der Waals surface area contributed by atoms with Gasteiger partial charge >= 0.3 is 0 Å². The maximum Gasteiger partial charge on any atom is 0.293 e. The maximum atomic E-state index is 13.1. The highest BCUT2D eigenvalue weighted by atomic mass is 16.6. The minimum atomic E-state index is -0.348. The Bertz CT molecular complexity index is 757. The number of carbonyl (C=O) groups is 1. The van der Waals surface area contributed by atoms with Crippen LogP contribution in [-0.4, -0.2) is 66.4 Å². The standard InChI is InChI=1S/C23H34N4O3/c28-23(20-9-10-21(22(17-20)27(29)30)25-12-4-5-13-25)26-14-6-11-24(15-16-26)18-19-7-2-1-3-8-19/h9-10,17,19H,1-8,11-16,18H2. The molecule has 0 spiro atoms. The Hall–Kier alpha value is -2.15. The molecule has 164 valence electrons. The van der Waals surface area contributed by atoms with E-state index in [-0.39, 0.29) is 16.5 Å². The Labute approximate surface area is 179 Å². The monoisotopic (exact) mass is 414 g/mol. The largest absolute Gasteiger partial charge is 0.366 e. The second-order valence-corrected chi connectivity index (χ2v) is 9.11. The minimum Gasteiger partial charge on any atom is -0.366 e. The van der Waals surface area contributed by atoms with Crippen molar-refractivity contribution < 1.29 is 9.72 Å². The van der Waals surface area contributed by atoms with Crippen LogP contribution < -0.4 is 4.90 Å². The highest BCUT2D eigenvalue weighted by Crippen LogP contribution is 2.32. The number of anilines is 1. The van der Waals surface area contributed by atoms with Crippen molar-refractivity contribution in [3.8, 4) is 0 Å². The number of rotatable bonds is 5. The van der Waals surface area contributed by atoms with E-state index in [2.05, 4.69) is 9.80 Å². The fourth-order valence-electron chi connectivity index (χ4n) is 5.30. The number of carbonyl (C=O) groups excluding carboxylic acids is 1. The van der Waals surface area contributed by atoms with Crippen LogP contribution in [0.1, 0.15) is 61.7 Å². The van der Waals surface area contributed by atoms with Gasteiger partial charge in [-0.2, -0.15) is 0 Å². The molecule has 3 fully saturated rings. The molecule has 0 radical (unpaired) electrons. The third kappa shape index (κ3) is 4.94. The Balaban J connectivity index is 1.41. The molecule has 1 aromatic carbocycles. The average molecular weight is 415 g/mol. The van der Waals surface area contributed by atoms with Crippen molar-refractivity contribution in [1.29, 1.82) is 0 Å². The molecule has 1 aliphatic carbocycles. The summed E-state index contributed by atoms with van der Waals surface area (Å²) in [5, 5.41) is 11.7. The molecule has 0 bridgehead atoms. The number of nitro groups is 1. The summed E-state index contributed by atoms with van der Waals surface area (Å²) in [7, 11) is 0. The fraction of sp³-hybridized carbons (Fsp3) is 0.696. The van der Waals surface area contributed by atoms with Gasteiger partial charge in [0.05, 0.1) is 4.92 Å². The van der Waals surface area contributed by atoms with Crippen LogP contribution in [0, 0.1) is 16.0 Å². The molecule has 2 saturated heterocycles. The zero-order valence-corrected chi connectivity index (χ0v) is 17.9. The first kappa shape index (κ1) is 21.1. The molecule has 1 aromatic rings. The molecule has 0 unspecified atom stereocenters. The summed E-state index contributed by atoms with van der Waals surface area (Å²) in [5.41, 5.74) is 1.13. The molecule has 30 heavy (non-hydrogen) atoms. The predicted molar refractivity (Wildman–Crippen MR) is 118 cm³/mol. The smallest absolute Gasteiger partial charge is 0.293 e. The van der Waals surface area contributed by atoms with E-state index in [1.54, 1.807) is 12.1 Å². The van der Waals surface area contributed by atoms with Gasteiger partial charge in [0.25, 0.3) is 11.6 Å². The first-order chi connectivity index (χ1) is 14.6. The van der Waals surface area contributed by atoms with Gasteiger partial charge in [-0.15, -0.1) is 0 Å². The van der Waals surface area contributed by atoms with Crippen molar-refractivity contribution in [2.45, 2.75) is 51.4 Å². The van der Waals surface area contributed by atoms with Crippen LogP contribution in [-0.2, 0) is 0 Å². The highest BCUT2D eigenvalue weighted by molar-refractivity contribution is 5.95. The van der Waals surface area contributed by atoms with Gasteiger partial charge in [0.2, 0.25) is 0 Å². The van der Waals surface area contributed by atoms with Crippen LogP contribution >= 0.6 is 0 Å². The molecule has 4 rings (SSSR count). The van der Waals surface area contributed by atoms with Crippen molar-refractivity contribution in [1.82, 2.24) is 9.80 Å². The normalized spacial score (nSPS) is 21.6. The summed E-state index contributed by atoms with van der Waals surface area (Å²) in [6.45, 7) is 6.20. The Morgan fingerprint density at radius 2 is 1.70 bits per heavy atom. The van der Waals surface area contributed by atoms with Crippen LogP contribution in [0.2, 0.25) is 0 Å². The van der Waals surface area contributed by atoms with E-state index >= 15 is 0 Å². The lowest BCUT2D eigenvalue weighted by atomic mass is 9.89. The van der Waals surface area contributed by atoms with Gasteiger partial charge in [0.1, 0.15) is 5.69 Å². The van der Waals surface area contributed by atoms with E-state index in [4.69, 9.17) is 0 Å². The number of nitrogens with zero attached hydrogens (tertiary/aromatic N) is 4. The Morgan fingerprint density at radius 1 is 0.933 bits per heavy atom. The summed E-state index contributed by atoms with van der Waals surface area (Å²) in [4.78, 5) is 30.9. The van der Waals surface area contributed by atoms with Crippen molar-refractivity contribution in [2.24, 2.45) is 5.92 Å². The fourth-order valence-corrected chi connectivity index (χ4v) is 5.30. The van der Waals surface area contributed by atoms with Gasteiger partial charge in [-0.05, 0) is 56.7 Å². The van der Waals surface area contributed by atoms with Crippen molar-refractivity contribution in [3.05, 3.63) is 33.9 Å². The predicted octanol–water partition coefficient (Wildman–Crippen LogP) is 3.92. The molecule has 7 heteroatoms. The Morgan fingerprint density at radius 3 is 2.43 bits per heavy atom. The number of amides is 1. The first-order valence-corrected chi connectivity index (χ1v) is 11.7. The van der Waals surface area contributed by atoms with Crippen LogP contribution in [0.25, 0.3) is 0 Å². The molecular formula is C23H34N4O3. The number of hydrogen-bond donors (Lipinski definition) is 0. The molecule has 2 heterocycles. The summed E-state index contributed by atoms with van der Waals surface area (Å²) in [5.74, 6) is 0.729. The van der Waals surface area contributed by atoms with Crippen LogP contribution in [0.5, 0.6) is 0 Å². The van der Waals surface area contributed by atoms with Gasteiger partial charge in [0, 0.05) is 50.9 Å². The quantitative estimate of drug-likeness (QED) is 0.539. The third-order valence-electron chi connectivity index (χ3n) is 6.98. The summed E-state index contributed by atoms with van der Waals surface area (Å²) in [6.07, 6.45) is 9.85. The Kier molecular flexibility index (Phi) is 6.87. The molecule has 1 amide bonds. The molecule has 1 saturated carbocycles. The van der Waals surface area contributed by atoms with Crippen molar-refractivity contribution in [3.63, 3.8) is 0 Å². The van der Waals surface area contributed by atoms with E-state index in [1.165, 1.54) is 38.2 Å². The van der Waals surface area contributed by atoms with Crippen LogP contribution in [0.4, 0.5) is 11.4 Å². The van der Waals surface area contributed by atoms with E-state index in [1.807, 2.05) is 4.90 Å². The zero-order valence-electron chi connectivity index (χ0n) is 17.9. The summed E-state index contributed by atoms with van der Waals surface area (Å²) < 4.78 is 0. The van der Waals surface area contributed by atoms with Gasteiger partial charge < -0.3 is 14.7 Å². The second kappa shape index (κ2) is 9.77. The van der Waals surface area contributed by atoms with Crippen molar-refractivity contribution >= 4 is 17.3 Å². The third-order valence-corrected chi connectivity index (χ3v) is 6.98. The van der Waals surface area contributed by atoms with Crippen LogP contribution in [0.15, 0.2) is 18.2 Å². The first-order valence-electron chi connectivity index (χ1n) is 11.7. The average Bonchev–Trinajstić information content (AvgIpc) is 3.20. The molecule has 0 N–H and O–H groups in total. The van der Waals surface area contributed by atoms with Gasteiger partial charge in [-0.1, -0.05) is 19.3 Å². The number of hydrogen-bond acceptors (Lipinski definition) is 5. The van der Waals surface area contributed by atoms with E-state index in [9.17, 15) is 14.9 Å². The highest BCUT2D eigenvalue weighted by Gasteiger charge is 2.27. The SMILES string of the molecule is O=C(c1ccc(N2CCCC2)c([N+](=O)[O-])c1)N1CCCN(CC2CCCCC2)CC1. The second-order valence-electron chi connectivity index (χ2n) is 9.11. The molecule has 2 aliphatic heterocycles. The van der Waals surface area contributed by atoms with Crippen LogP contribution in [0.3, 0.4) is 0 Å². The number of benzene rings is 1. The molecule has 3 aliphatic rings. The minimum absolute atomic E-state index is 0.0523. The number of nitro benzene ring substituents is 1. The zero-order chi connectivity index (χ0) is 20.9. The maximum absolute atomic E-state index is 13.1. The van der Waals surface area contributed by atoms with Crippen molar-refractivity contribution in [2.75, 3.05) is 50.7 Å². The summed E-state index contributed by atoms with van der Waals surface area (Å²) >= 11 is 0. The van der Waals surface area contributed by atoms with Gasteiger partial charge in [0.15, 0.2) is 0 Å².